The molecule has 0 unspecified atom stereocenters. The summed E-state index contributed by atoms with van der Waals surface area (Å²) in [5.74, 6) is 0. The van der Waals surface area contributed by atoms with E-state index in [2.05, 4.69) is 21.8 Å². The Bertz CT molecular complexity index is 183. The van der Waals surface area contributed by atoms with Gasteiger partial charge < -0.3 is 10.2 Å². The highest BCUT2D eigenvalue weighted by Gasteiger charge is 2.07. The molecule has 0 aromatic heterocycles. The van der Waals surface area contributed by atoms with E-state index in [4.69, 9.17) is 0 Å². The number of aliphatic imine (C=N–C) groups is 1. The number of nitrogens with zero attached hydrogens (tertiary/aromatic N) is 2. The number of hydrogen-bond acceptors (Lipinski definition) is 3. The molecule has 1 heterocycles. The summed E-state index contributed by atoms with van der Waals surface area (Å²) in [5.41, 5.74) is 0. The fraction of sp³-hybridized carbons (Fsp3) is 0.750. The van der Waals surface area contributed by atoms with Crippen molar-refractivity contribution in [1.29, 1.82) is 0 Å². The van der Waals surface area contributed by atoms with E-state index in [0.29, 0.717) is 0 Å². The Labute approximate surface area is 93.3 Å². The van der Waals surface area contributed by atoms with Crippen LogP contribution in [0.4, 0.5) is 0 Å². The van der Waals surface area contributed by atoms with Gasteiger partial charge in [0.1, 0.15) is 0 Å². The van der Waals surface area contributed by atoms with Gasteiger partial charge in [-0.15, -0.1) is 6.58 Å². The van der Waals surface area contributed by atoms with Gasteiger partial charge in [-0.05, 0) is 32.0 Å². The van der Waals surface area contributed by atoms with Crippen LogP contribution < -0.4 is 5.32 Å². The molecule has 0 aromatic carbocycles. The summed E-state index contributed by atoms with van der Waals surface area (Å²) in [6, 6.07) is 0. The quantitative estimate of drug-likeness (QED) is 0.389. The van der Waals surface area contributed by atoms with Crippen LogP contribution in [-0.2, 0) is 0 Å². The summed E-state index contributed by atoms with van der Waals surface area (Å²) in [7, 11) is 0. The molecule has 1 N–H and O–H groups in total. The van der Waals surface area contributed by atoms with Crippen LogP contribution in [0.3, 0.4) is 0 Å². The first kappa shape index (κ1) is 12.4. The van der Waals surface area contributed by atoms with Gasteiger partial charge in [-0.2, -0.15) is 0 Å². The third kappa shape index (κ3) is 6.42. The second kappa shape index (κ2) is 8.62. The zero-order valence-electron chi connectivity index (χ0n) is 9.62. The lowest BCUT2D eigenvalue weighted by molar-refractivity contribution is 0.240. The molecule has 15 heavy (non-hydrogen) atoms. The van der Waals surface area contributed by atoms with Crippen molar-refractivity contribution in [3.8, 4) is 0 Å². The smallest absolute Gasteiger partial charge is 0.0397 e. The van der Waals surface area contributed by atoms with E-state index < -0.39 is 0 Å². The molecule has 3 heteroatoms. The summed E-state index contributed by atoms with van der Waals surface area (Å²) in [6.07, 6.45) is 7.23. The Balaban J connectivity index is 1.91. The minimum atomic E-state index is 0.973. The molecule has 1 rings (SSSR count). The van der Waals surface area contributed by atoms with Crippen molar-refractivity contribution in [2.45, 2.75) is 19.3 Å². The van der Waals surface area contributed by atoms with Gasteiger partial charge in [0.25, 0.3) is 0 Å². The van der Waals surface area contributed by atoms with Crippen LogP contribution in [-0.4, -0.2) is 50.4 Å². The van der Waals surface area contributed by atoms with Crippen molar-refractivity contribution < 1.29 is 0 Å². The summed E-state index contributed by atoms with van der Waals surface area (Å²) >= 11 is 0. The number of unbranched alkanes of at least 4 members (excludes halogenated alkanes) is 1. The summed E-state index contributed by atoms with van der Waals surface area (Å²) < 4.78 is 0. The fourth-order valence-corrected chi connectivity index (χ4v) is 1.70. The molecule has 3 nitrogen and oxygen atoms in total. The Kier molecular flexibility index (Phi) is 7.13. The van der Waals surface area contributed by atoms with Crippen molar-refractivity contribution in [2.75, 3.05) is 39.3 Å². The molecule has 1 aliphatic heterocycles. The summed E-state index contributed by atoms with van der Waals surface area (Å²) in [6.45, 7) is 10.5. The van der Waals surface area contributed by atoms with Gasteiger partial charge in [0.05, 0.1) is 0 Å². The molecule has 0 radical (unpaired) electrons. The summed E-state index contributed by atoms with van der Waals surface area (Å²) in [5, 5.41) is 3.36. The van der Waals surface area contributed by atoms with Crippen molar-refractivity contribution in [2.24, 2.45) is 4.99 Å². The standard InChI is InChI=1S/C12H23N3/c1-2-3-4-6-13-7-5-10-15-11-8-14-9-12-15/h2,6,14H,1,3-5,7-12H2. The highest BCUT2D eigenvalue weighted by Crippen LogP contribution is 1.94. The van der Waals surface area contributed by atoms with Crippen molar-refractivity contribution >= 4 is 6.21 Å². The van der Waals surface area contributed by atoms with E-state index >= 15 is 0 Å². The van der Waals surface area contributed by atoms with Gasteiger partial charge in [-0.1, -0.05) is 6.08 Å². The number of rotatable bonds is 7. The Morgan fingerprint density at radius 2 is 2.07 bits per heavy atom. The van der Waals surface area contributed by atoms with E-state index in [0.717, 1.165) is 32.5 Å². The lowest BCUT2D eigenvalue weighted by Crippen LogP contribution is -2.43. The van der Waals surface area contributed by atoms with Crippen molar-refractivity contribution in [3.63, 3.8) is 0 Å². The highest BCUT2D eigenvalue weighted by atomic mass is 15.2. The predicted molar refractivity (Wildman–Crippen MR) is 66.7 cm³/mol. The largest absolute Gasteiger partial charge is 0.314 e. The molecular formula is C12H23N3. The van der Waals surface area contributed by atoms with Crippen LogP contribution in [0.2, 0.25) is 0 Å². The first-order valence-corrected chi connectivity index (χ1v) is 5.95. The van der Waals surface area contributed by atoms with Gasteiger partial charge >= 0.3 is 0 Å². The normalized spacial score (nSPS) is 18.4. The maximum atomic E-state index is 4.38. The minimum absolute atomic E-state index is 0.973. The predicted octanol–water partition coefficient (Wildman–Crippen LogP) is 1.32. The molecule has 1 fully saturated rings. The molecule has 0 bridgehead atoms. The second-order valence-electron chi connectivity index (χ2n) is 3.90. The van der Waals surface area contributed by atoms with E-state index in [1.807, 2.05) is 12.3 Å². The molecule has 0 atom stereocenters. The highest BCUT2D eigenvalue weighted by molar-refractivity contribution is 5.57. The molecule has 1 saturated heterocycles. The lowest BCUT2D eigenvalue weighted by Gasteiger charge is -2.26. The molecular weight excluding hydrogens is 186 g/mol. The van der Waals surface area contributed by atoms with Crippen LogP contribution in [0.15, 0.2) is 17.6 Å². The molecule has 86 valence electrons. The monoisotopic (exact) mass is 209 g/mol. The van der Waals surface area contributed by atoms with Crippen LogP contribution in [0.25, 0.3) is 0 Å². The molecule has 0 amide bonds. The number of nitrogens with one attached hydrogen (secondary N) is 1. The average Bonchev–Trinajstić information content (AvgIpc) is 2.29. The number of hydrogen-bond donors (Lipinski definition) is 1. The van der Waals surface area contributed by atoms with Gasteiger partial charge in [0.15, 0.2) is 0 Å². The number of allylic oxidation sites excluding steroid dienone is 1. The van der Waals surface area contributed by atoms with Gasteiger partial charge in [-0.25, -0.2) is 0 Å². The number of piperazine rings is 1. The van der Waals surface area contributed by atoms with E-state index in [1.54, 1.807) is 0 Å². The molecule has 0 saturated carbocycles. The third-order valence-corrected chi connectivity index (χ3v) is 2.60. The first-order chi connectivity index (χ1) is 7.43. The molecule has 0 aromatic rings. The summed E-state index contributed by atoms with van der Waals surface area (Å²) in [4.78, 5) is 6.89. The van der Waals surface area contributed by atoms with Gasteiger partial charge in [-0.3, -0.25) is 4.99 Å². The average molecular weight is 209 g/mol. The Morgan fingerprint density at radius 3 is 2.80 bits per heavy atom. The van der Waals surface area contributed by atoms with Gasteiger partial charge in [0.2, 0.25) is 0 Å². The van der Waals surface area contributed by atoms with Crippen LogP contribution >= 0.6 is 0 Å². The van der Waals surface area contributed by atoms with Crippen molar-refractivity contribution in [3.05, 3.63) is 12.7 Å². The van der Waals surface area contributed by atoms with E-state index in [9.17, 15) is 0 Å². The molecule has 1 aliphatic rings. The third-order valence-electron chi connectivity index (χ3n) is 2.60. The van der Waals surface area contributed by atoms with E-state index in [-0.39, 0.29) is 0 Å². The second-order valence-corrected chi connectivity index (χ2v) is 3.90. The fourth-order valence-electron chi connectivity index (χ4n) is 1.70. The van der Waals surface area contributed by atoms with Crippen LogP contribution in [0.1, 0.15) is 19.3 Å². The zero-order chi connectivity index (χ0) is 10.8. The maximum Gasteiger partial charge on any atom is 0.0397 e. The van der Waals surface area contributed by atoms with Gasteiger partial charge in [0, 0.05) is 32.7 Å². The van der Waals surface area contributed by atoms with Crippen molar-refractivity contribution in [1.82, 2.24) is 10.2 Å². The van der Waals surface area contributed by atoms with Crippen LogP contribution in [0.5, 0.6) is 0 Å². The Morgan fingerprint density at radius 1 is 1.27 bits per heavy atom. The minimum Gasteiger partial charge on any atom is -0.314 e. The topological polar surface area (TPSA) is 27.6 Å². The van der Waals surface area contributed by atoms with E-state index in [1.165, 1.54) is 26.1 Å². The molecule has 0 spiro atoms. The lowest BCUT2D eigenvalue weighted by atomic mass is 10.3. The molecule has 0 aliphatic carbocycles. The van der Waals surface area contributed by atoms with Crippen LogP contribution in [0, 0.1) is 0 Å². The first-order valence-electron chi connectivity index (χ1n) is 5.95. The zero-order valence-corrected chi connectivity index (χ0v) is 9.62. The SMILES string of the molecule is C=CCCC=NCCCN1CCNCC1. The maximum absolute atomic E-state index is 4.38. The Hall–Kier alpha value is -0.670.